The molecule has 0 saturated carbocycles. The fraction of sp³-hybridized carbons (Fsp3) is 0.462. The highest BCUT2D eigenvalue weighted by Crippen LogP contribution is 2.23. The Morgan fingerprint density at radius 2 is 2.00 bits per heavy atom. The minimum atomic E-state index is -3.43. The molecule has 0 radical (unpaired) electrons. The lowest BCUT2D eigenvalue weighted by atomic mass is 10.2. The van der Waals surface area contributed by atoms with Crippen molar-refractivity contribution in [1.82, 2.24) is 0 Å². The fourth-order valence-corrected chi connectivity index (χ4v) is 3.10. The van der Waals surface area contributed by atoms with Crippen LogP contribution in [0, 0.1) is 0 Å². The molecule has 0 atom stereocenters. The molecule has 1 N–H and O–H groups in total. The number of hydrogen-bond acceptors (Lipinski definition) is 4. The zero-order chi connectivity index (χ0) is 14.5. The van der Waals surface area contributed by atoms with E-state index in [1.807, 2.05) is 6.92 Å². The monoisotopic (exact) mass is 286 g/mol. The molecule has 106 valence electrons. The van der Waals surface area contributed by atoms with Crippen molar-refractivity contribution in [2.45, 2.75) is 31.1 Å². The van der Waals surface area contributed by atoms with Gasteiger partial charge in [-0.2, -0.15) is 0 Å². The molecule has 0 aliphatic heterocycles. The number of benzene rings is 1. The molecule has 6 heteroatoms. The summed E-state index contributed by atoms with van der Waals surface area (Å²) < 4.78 is 29.0. The highest BCUT2D eigenvalue weighted by atomic mass is 32.2. The summed E-state index contributed by atoms with van der Waals surface area (Å²) in [5, 5.41) is 9.03. The normalized spacial score (nSPS) is 11.3. The maximum atomic E-state index is 12.0. The number of methoxy groups -OCH3 is 1. The highest BCUT2D eigenvalue weighted by molar-refractivity contribution is 7.91. The molecular weight excluding hydrogens is 268 g/mol. The van der Waals surface area contributed by atoms with Gasteiger partial charge in [-0.25, -0.2) is 13.2 Å². The molecule has 0 aliphatic rings. The smallest absolute Gasteiger partial charge is 0.339 e. The molecule has 1 rings (SSSR count). The Kier molecular flexibility index (Phi) is 5.35. The highest BCUT2D eigenvalue weighted by Gasteiger charge is 2.19. The Labute approximate surface area is 113 Å². The van der Waals surface area contributed by atoms with Crippen molar-refractivity contribution in [1.29, 1.82) is 0 Å². The van der Waals surface area contributed by atoms with Crippen LogP contribution in [0.4, 0.5) is 0 Å². The quantitative estimate of drug-likeness (QED) is 0.778. The van der Waals surface area contributed by atoms with E-state index < -0.39 is 15.8 Å². The molecule has 5 nitrogen and oxygen atoms in total. The first-order chi connectivity index (χ1) is 8.92. The molecule has 0 aliphatic carbocycles. The zero-order valence-corrected chi connectivity index (χ0v) is 11.9. The van der Waals surface area contributed by atoms with E-state index in [4.69, 9.17) is 9.84 Å². The third-order valence-corrected chi connectivity index (χ3v) is 4.58. The molecule has 1 aromatic carbocycles. The van der Waals surface area contributed by atoms with E-state index in [2.05, 4.69) is 0 Å². The molecular formula is C13H18O5S. The van der Waals surface area contributed by atoms with Crippen LogP contribution in [0.5, 0.6) is 5.75 Å². The molecule has 0 amide bonds. The lowest BCUT2D eigenvalue weighted by Gasteiger charge is -2.08. The molecule has 19 heavy (non-hydrogen) atoms. The number of sulfone groups is 1. The Balaban J connectivity index is 3.07. The molecule has 0 spiro atoms. The van der Waals surface area contributed by atoms with Gasteiger partial charge >= 0.3 is 5.97 Å². The summed E-state index contributed by atoms with van der Waals surface area (Å²) in [4.78, 5) is 11.1. The summed E-state index contributed by atoms with van der Waals surface area (Å²) in [6.07, 6.45) is 2.34. The van der Waals surface area contributed by atoms with Gasteiger partial charge in [0.2, 0.25) is 0 Å². The van der Waals surface area contributed by atoms with Crippen molar-refractivity contribution in [2.24, 2.45) is 0 Å². The van der Waals surface area contributed by atoms with Crippen LogP contribution in [0.2, 0.25) is 0 Å². The van der Waals surface area contributed by atoms with Crippen LogP contribution >= 0.6 is 0 Å². The van der Waals surface area contributed by atoms with Crippen molar-refractivity contribution in [3.05, 3.63) is 23.8 Å². The summed E-state index contributed by atoms with van der Waals surface area (Å²) >= 11 is 0. The van der Waals surface area contributed by atoms with E-state index in [9.17, 15) is 13.2 Å². The summed E-state index contributed by atoms with van der Waals surface area (Å²) in [6.45, 7) is 1.99. The van der Waals surface area contributed by atoms with Crippen molar-refractivity contribution >= 4 is 15.8 Å². The van der Waals surface area contributed by atoms with E-state index in [1.54, 1.807) is 0 Å². The third kappa shape index (κ3) is 3.96. The predicted molar refractivity (Wildman–Crippen MR) is 71.5 cm³/mol. The van der Waals surface area contributed by atoms with Gasteiger partial charge in [0.1, 0.15) is 11.3 Å². The Morgan fingerprint density at radius 1 is 1.32 bits per heavy atom. The first-order valence-corrected chi connectivity index (χ1v) is 7.71. The van der Waals surface area contributed by atoms with Crippen LogP contribution in [-0.2, 0) is 9.84 Å². The molecule has 0 heterocycles. The number of carbonyl (C=O) groups is 1. The third-order valence-electron chi connectivity index (χ3n) is 2.78. The van der Waals surface area contributed by atoms with Crippen LogP contribution in [-0.4, -0.2) is 32.4 Å². The molecule has 0 bridgehead atoms. The van der Waals surface area contributed by atoms with Gasteiger partial charge < -0.3 is 9.84 Å². The van der Waals surface area contributed by atoms with Gasteiger partial charge in [-0.3, -0.25) is 0 Å². The Hall–Kier alpha value is -1.56. The van der Waals surface area contributed by atoms with Gasteiger partial charge in [-0.05, 0) is 24.6 Å². The van der Waals surface area contributed by atoms with Crippen LogP contribution < -0.4 is 4.74 Å². The molecule has 0 aromatic heterocycles. The second-order valence-corrected chi connectivity index (χ2v) is 6.30. The van der Waals surface area contributed by atoms with Crippen molar-refractivity contribution in [2.75, 3.05) is 12.9 Å². The number of aromatic carboxylic acids is 1. The minimum Gasteiger partial charge on any atom is -0.496 e. The van der Waals surface area contributed by atoms with E-state index >= 15 is 0 Å². The van der Waals surface area contributed by atoms with Gasteiger partial charge in [0.25, 0.3) is 0 Å². The van der Waals surface area contributed by atoms with Crippen molar-refractivity contribution in [3.63, 3.8) is 0 Å². The number of rotatable bonds is 7. The van der Waals surface area contributed by atoms with Gasteiger partial charge in [0.05, 0.1) is 17.8 Å². The van der Waals surface area contributed by atoms with Gasteiger partial charge in [0.15, 0.2) is 9.84 Å². The Morgan fingerprint density at radius 3 is 2.53 bits per heavy atom. The van der Waals surface area contributed by atoms with Crippen LogP contribution in [0.15, 0.2) is 23.1 Å². The predicted octanol–water partition coefficient (Wildman–Crippen LogP) is 2.36. The van der Waals surface area contributed by atoms with Gasteiger partial charge in [-0.15, -0.1) is 0 Å². The maximum absolute atomic E-state index is 12.0. The van der Waals surface area contributed by atoms with Crippen LogP contribution in [0.25, 0.3) is 0 Å². The van der Waals surface area contributed by atoms with Crippen LogP contribution in [0.1, 0.15) is 36.5 Å². The topological polar surface area (TPSA) is 80.7 Å². The second-order valence-electron chi connectivity index (χ2n) is 4.19. The number of carboxylic acid groups (broad SMARTS) is 1. The fourth-order valence-electron chi connectivity index (χ4n) is 1.71. The summed E-state index contributed by atoms with van der Waals surface area (Å²) in [5.74, 6) is -1.02. The van der Waals surface area contributed by atoms with E-state index in [1.165, 1.54) is 19.2 Å². The van der Waals surface area contributed by atoms with Gasteiger partial charge in [-0.1, -0.05) is 19.8 Å². The summed E-state index contributed by atoms with van der Waals surface area (Å²) in [6, 6.07) is 3.91. The van der Waals surface area contributed by atoms with Crippen LogP contribution in [0.3, 0.4) is 0 Å². The average molecular weight is 286 g/mol. The Bertz CT molecular complexity index is 548. The average Bonchev–Trinajstić information content (AvgIpc) is 2.38. The lowest BCUT2D eigenvalue weighted by molar-refractivity contribution is 0.0693. The van der Waals surface area contributed by atoms with E-state index in [0.29, 0.717) is 6.42 Å². The van der Waals surface area contributed by atoms with Crippen molar-refractivity contribution in [3.8, 4) is 5.75 Å². The number of unbranched alkanes of at least 4 members (excludes halogenated alkanes) is 2. The zero-order valence-electron chi connectivity index (χ0n) is 11.0. The van der Waals surface area contributed by atoms with Gasteiger partial charge in [0, 0.05) is 0 Å². The standard InChI is InChI=1S/C13H18O5S/c1-3-4-5-8-19(16,17)10-6-7-12(18-2)11(9-10)13(14)15/h6-7,9H,3-5,8H2,1-2H3,(H,14,15). The molecule has 0 unspecified atom stereocenters. The lowest BCUT2D eigenvalue weighted by Crippen LogP contribution is -2.09. The van der Waals surface area contributed by atoms with E-state index in [-0.39, 0.29) is 22.0 Å². The van der Waals surface area contributed by atoms with Crippen molar-refractivity contribution < 1.29 is 23.1 Å². The second kappa shape index (κ2) is 6.56. The minimum absolute atomic E-state index is 0.0294. The molecule has 1 aromatic rings. The summed E-state index contributed by atoms with van der Waals surface area (Å²) in [7, 11) is -2.09. The first kappa shape index (κ1) is 15.5. The molecule has 0 fully saturated rings. The number of carboxylic acids is 1. The number of hydrogen-bond donors (Lipinski definition) is 1. The molecule has 0 saturated heterocycles. The first-order valence-electron chi connectivity index (χ1n) is 6.06. The summed E-state index contributed by atoms with van der Waals surface area (Å²) in [5.41, 5.74) is -0.140. The largest absolute Gasteiger partial charge is 0.496 e. The van der Waals surface area contributed by atoms with E-state index in [0.717, 1.165) is 18.9 Å². The number of ether oxygens (including phenoxy) is 1. The SMILES string of the molecule is CCCCCS(=O)(=O)c1ccc(OC)c(C(=O)O)c1. The maximum Gasteiger partial charge on any atom is 0.339 e.